The van der Waals surface area contributed by atoms with Gasteiger partial charge in [0.2, 0.25) is 5.95 Å². The third-order valence-corrected chi connectivity index (χ3v) is 2.20. The number of aryl methyl sites for hydroxylation is 2. The van der Waals surface area contributed by atoms with Gasteiger partial charge in [-0.1, -0.05) is 6.07 Å². The molecule has 82 valence electrons. The molecule has 4 nitrogen and oxygen atoms in total. The van der Waals surface area contributed by atoms with E-state index in [4.69, 9.17) is 0 Å². The zero-order valence-corrected chi connectivity index (χ0v) is 9.44. The highest BCUT2D eigenvalue weighted by Gasteiger charge is 1.96. The Bertz CT molecular complexity index is 402. The lowest BCUT2D eigenvalue weighted by Crippen LogP contribution is -2.03. The molecule has 16 heavy (non-hydrogen) atoms. The highest BCUT2D eigenvalue weighted by atomic mass is 15.1. The van der Waals surface area contributed by atoms with Crippen LogP contribution in [0.25, 0.3) is 0 Å². The fourth-order valence-electron chi connectivity index (χ4n) is 1.27. The van der Waals surface area contributed by atoms with Gasteiger partial charge in [-0.3, -0.25) is 4.98 Å². The Balaban J connectivity index is 1.97. The Morgan fingerprint density at radius 3 is 2.38 bits per heavy atom. The summed E-state index contributed by atoms with van der Waals surface area (Å²) in [6.07, 6.45) is 5.45. The predicted octanol–water partition coefficient (Wildman–Crippen LogP) is 2.10. The minimum atomic E-state index is 0.645. The Hall–Kier alpha value is -1.97. The van der Waals surface area contributed by atoms with E-state index < -0.39 is 0 Å². The van der Waals surface area contributed by atoms with Crippen molar-refractivity contribution in [3.63, 3.8) is 0 Å². The molecular formula is C12H14N4. The molecule has 0 radical (unpaired) electrons. The SMILES string of the molecule is Cc1cnc(NCc2ccc(C)nc2)nc1. The van der Waals surface area contributed by atoms with Gasteiger partial charge in [-0.15, -0.1) is 0 Å². The van der Waals surface area contributed by atoms with Gasteiger partial charge in [0.25, 0.3) is 0 Å². The Morgan fingerprint density at radius 2 is 1.75 bits per heavy atom. The molecule has 2 rings (SSSR count). The van der Waals surface area contributed by atoms with Crippen molar-refractivity contribution in [2.75, 3.05) is 5.32 Å². The van der Waals surface area contributed by atoms with Gasteiger partial charge < -0.3 is 5.32 Å². The average molecular weight is 214 g/mol. The number of aromatic nitrogens is 3. The summed E-state index contributed by atoms with van der Waals surface area (Å²) < 4.78 is 0. The normalized spacial score (nSPS) is 10.1. The molecule has 0 atom stereocenters. The lowest BCUT2D eigenvalue weighted by molar-refractivity contribution is 1.02. The largest absolute Gasteiger partial charge is 0.350 e. The number of nitrogens with zero attached hydrogens (tertiary/aromatic N) is 3. The van der Waals surface area contributed by atoms with Gasteiger partial charge in [0, 0.05) is 30.8 Å². The quantitative estimate of drug-likeness (QED) is 0.850. The summed E-state index contributed by atoms with van der Waals surface area (Å²) in [4.78, 5) is 12.6. The summed E-state index contributed by atoms with van der Waals surface area (Å²) in [6.45, 7) is 4.63. The van der Waals surface area contributed by atoms with E-state index in [1.165, 1.54) is 0 Å². The van der Waals surface area contributed by atoms with Crippen LogP contribution in [0.4, 0.5) is 5.95 Å². The molecule has 0 amide bonds. The topological polar surface area (TPSA) is 50.7 Å². The molecule has 0 saturated carbocycles. The maximum absolute atomic E-state index is 4.22. The molecule has 0 aliphatic rings. The molecule has 2 aromatic heterocycles. The summed E-state index contributed by atoms with van der Waals surface area (Å²) in [6, 6.07) is 4.04. The number of nitrogens with one attached hydrogen (secondary N) is 1. The summed E-state index contributed by atoms with van der Waals surface area (Å²) in [5.41, 5.74) is 3.20. The molecule has 4 heteroatoms. The van der Waals surface area contributed by atoms with Crippen molar-refractivity contribution in [3.05, 3.63) is 47.5 Å². The van der Waals surface area contributed by atoms with E-state index in [9.17, 15) is 0 Å². The first-order valence-corrected chi connectivity index (χ1v) is 5.18. The molecule has 0 saturated heterocycles. The summed E-state index contributed by atoms with van der Waals surface area (Å²) >= 11 is 0. The van der Waals surface area contributed by atoms with Crippen LogP contribution in [0.2, 0.25) is 0 Å². The Morgan fingerprint density at radius 1 is 1.00 bits per heavy atom. The van der Waals surface area contributed by atoms with E-state index in [0.29, 0.717) is 12.5 Å². The van der Waals surface area contributed by atoms with Crippen LogP contribution in [-0.4, -0.2) is 15.0 Å². The maximum Gasteiger partial charge on any atom is 0.222 e. The van der Waals surface area contributed by atoms with Crippen molar-refractivity contribution in [1.82, 2.24) is 15.0 Å². The minimum Gasteiger partial charge on any atom is -0.350 e. The zero-order valence-electron chi connectivity index (χ0n) is 9.44. The van der Waals surface area contributed by atoms with Gasteiger partial charge in [-0.25, -0.2) is 9.97 Å². The lowest BCUT2D eigenvalue weighted by atomic mass is 10.2. The number of hydrogen-bond acceptors (Lipinski definition) is 4. The molecule has 0 fully saturated rings. The van der Waals surface area contributed by atoms with Crippen molar-refractivity contribution in [1.29, 1.82) is 0 Å². The van der Waals surface area contributed by atoms with Crippen LogP contribution in [0.1, 0.15) is 16.8 Å². The van der Waals surface area contributed by atoms with Crippen LogP contribution < -0.4 is 5.32 Å². The fraction of sp³-hybridized carbons (Fsp3) is 0.250. The van der Waals surface area contributed by atoms with Crippen molar-refractivity contribution >= 4 is 5.95 Å². The van der Waals surface area contributed by atoms with Crippen LogP contribution >= 0.6 is 0 Å². The summed E-state index contributed by atoms with van der Waals surface area (Å²) in [5, 5.41) is 3.15. The van der Waals surface area contributed by atoms with Gasteiger partial charge in [-0.2, -0.15) is 0 Å². The first-order chi connectivity index (χ1) is 7.74. The third kappa shape index (κ3) is 2.76. The number of rotatable bonds is 3. The van der Waals surface area contributed by atoms with Crippen molar-refractivity contribution in [3.8, 4) is 0 Å². The average Bonchev–Trinajstić information content (AvgIpc) is 2.30. The molecule has 2 heterocycles. The fourth-order valence-corrected chi connectivity index (χ4v) is 1.27. The van der Waals surface area contributed by atoms with Gasteiger partial charge in [0.1, 0.15) is 0 Å². The molecule has 2 aromatic rings. The number of anilines is 1. The first kappa shape index (κ1) is 10.5. The molecule has 0 bridgehead atoms. The van der Waals surface area contributed by atoms with E-state index in [1.807, 2.05) is 32.2 Å². The predicted molar refractivity (Wildman–Crippen MR) is 63.1 cm³/mol. The molecule has 0 aliphatic heterocycles. The van der Waals surface area contributed by atoms with E-state index in [0.717, 1.165) is 16.8 Å². The van der Waals surface area contributed by atoms with Crippen molar-refractivity contribution < 1.29 is 0 Å². The second-order valence-corrected chi connectivity index (χ2v) is 3.75. The van der Waals surface area contributed by atoms with Crippen molar-refractivity contribution in [2.45, 2.75) is 20.4 Å². The van der Waals surface area contributed by atoms with Crippen LogP contribution in [0, 0.1) is 13.8 Å². The smallest absolute Gasteiger partial charge is 0.222 e. The van der Waals surface area contributed by atoms with Crippen LogP contribution in [0.5, 0.6) is 0 Å². The first-order valence-electron chi connectivity index (χ1n) is 5.18. The Kier molecular flexibility index (Phi) is 3.10. The van der Waals surface area contributed by atoms with Gasteiger partial charge in [0.15, 0.2) is 0 Å². The van der Waals surface area contributed by atoms with E-state index in [-0.39, 0.29) is 0 Å². The summed E-state index contributed by atoms with van der Waals surface area (Å²) in [7, 11) is 0. The van der Waals surface area contributed by atoms with Gasteiger partial charge >= 0.3 is 0 Å². The molecule has 0 spiro atoms. The second-order valence-electron chi connectivity index (χ2n) is 3.75. The van der Waals surface area contributed by atoms with E-state index in [2.05, 4.69) is 20.3 Å². The summed E-state index contributed by atoms with van der Waals surface area (Å²) in [5.74, 6) is 0.645. The van der Waals surface area contributed by atoms with Crippen molar-refractivity contribution in [2.24, 2.45) is 0 Å². The highest BCUT2D eigenvalue weighted by molar-refractivity contribution is 5.27. The minimum absolute atomic E-state index is 0.645. The number of hydrogen-bond donors (Lipinski definition) is 1. The third-order valence-electron chi connectivity index (χ3n) is 2.20. The highest BCUT2D eigenvalue weighted by Crippen LogP contribution is 2.03. The van der Waals surface area contributed by atoms with Crippen LogP contribution in [0.15, 0.2) is 30.7 Å². The number of pyridine rings is 1. The molecule has 0 aliphatic carbocycles. The van der Waals surface area contributed by atoms with E-state index >= 15 is 0 Å². The second kappa shape index (κ2) is 4.70. The lowest BCUT2D eigenvalue weighted by Gasteiger charge is -2.04. The zero-order chi connectivity index (χ0) is 11.4. The standard InChI is InChI=1S/C12H14N4/c1-9-5-14-12(15-6-9)16-8-11-4-3-10(2)13-7-11/h3-7H,8H2,1-2H3,(H,14,15,16). The monoisotopic (exact) mass is 214 g/mol. The molecule has 0 aromatic carbocycles. The molecule has 1 N–H and O–H groups in total. The van der Waals surface area contributed by atoms with Crippen LogP contribution in [-0.2, 0) is 6.54 Å². The van der Waals surface area contributed by atoms with Gasteiger partial charge in [-0.05, 0) is 31.0 Å². The maximum atomic E-state index is 4.22. The molecular weight excluding hydrogens is 200 g/mol. The molecule has 0 unspecified atom stereocenters. The van der Waals surface area contributed by atoms with Crippen LogP contribution in [0.3, 0.4) is 0 Å². The van der Waals surface area contributed by atoms with E-state index in [1.54, 1.807) is 12.4 Å². The Labute approximate surface area is 94.8 Å². The van der Waals surface area contributed by atoms with Gasteiger partial charge in [0.05, 0.1) is 0 Å².